The highest BCUT2D eigenvalue weighted by Gasteiger charge is 2.40. The summed E-state index contributed by atoms with van der Waals surface area (Å²) in [6, 6.07) is 5.36. The first-order chi connectivity index (χ1) is 9.37. The number of rotatable bonds is 2. The Kier molecular flexibility index (Phi) is 3.21. The Morgan fingerprint density at radius 3 is 2.80 bits per heavy atom. The average Bonchev–Trinajstić information content (AvgIpc) is 2.83. The van der Waals surface area contributed by atoms with E-state index in [1.54, 1.807) is 11.0 Å². The molecule has 1 amide bonds. The highest BCUT2D eigenvalue weighted by Crippen LogP contribution is 2.35. The van der Waals surface area contributed by atoms with Gasteiger partial charge in [0.05, 0.1) is 29.5 Å². The number of ether oxygens (including phenoxy) is 1. The smallest absolute Gasteiger partial charge is 0.299 e. The lowest BCUT2D eigenvalue weighted by molar-refractivity contribution is -0.114. The number of halogens is 1. The van der Waals surface area contributed by atoms with Gasteiger partial charge in [0, 0.05) is 4.47 Å². The first kappa shape index (κ1) is 13.8. The summed E-state index contributed by atoms with van der Waals surface area (Å²) in [5.74, 6) is -0.884. The molecule has 20 heavy (non-hydrogen) atoms. The molecule has 0 aliphatic carbocycles. The Bertz CT molecular complexity index is 597. The summed E-state index contributed by atoms with van der Waals surface area (Å²) in [5, 5.41) is 0. The molecular formula is C15H16BrNO3. The molecule has 2 heterocycles. The SMILES string of the molecule is CC1(C)CCC(CN2C(=O)C(=O)c3cc(Br)ccc32)O1. The van der Waals surface area contributed by atoms with Gasteiger partial charge in [0.2, 0.25) is 0 Å². The number of carbonyl (C=O) groups is 2. The Labute approximate surface area is 126 Å². The maximum Gasteiger partial charge on any atom is 0.299 e. The predicted molar refractivity (Wildman–Crippen MR) is 79.0 cm³/mol. The molecule has 1 saturated heterocycles. The molecule has 0 N–H and O–H groups in total. The molecule has 0 saturated carbocycles. The summed E-state index contributed by atoms with van der Waals surface area (Å²) in [6.45, 7) is 4.55. The summed E-state index contributed by atoms with van der Waals surface area (Å²) < 4.78 is 6.72. The van der Waals surface area contributed by atoms with E-state index >= 15 is 0 Å². The van der Waals surface area contributed by atoms with Crippen molar-refractivity contribution in [3.8, 4) is 0 Å². The summed E-state index contributed by atoms with van der Waals surface area (Å²) >= 11 is 3.33. The number of fused-ring (bicyclic) bond motifs is 1. The summed E-state index contributed by atoms with van der Waals surface area (Å²) in [7, 11) is 0. The fourth-order valence-corrected chi connectivity index (χ4v) is 3.22. The van der Waals surface area contributed by atoms with Crippen molar-refractivity contribution in [1.29, 1.82) is 0 Å². The van der Waals surface area contributed by atoms with Crippen LogP contribution in [0.15, 0.2) is 22.7 Å². The van der Waals surface area contributed by atoms with Crippen LogP contribution in [0, 0.1) is 0 Å². The Morgan fingerprint density at radius 1 is 1.40 bits per heavy atom. The number of amides is 1. The van der Waals surface area contributed by atoms with Crippen LogP contribution in [0.3, 0.4) is 0 Å². The summed E-state index contributed by atoms with van der Waals surface area (Å²) in [5.41, 5.74) is 1.03. The molecule has 1 atom stereocenters. The molecule has 0 bridgehead atoms. The van der Waals surface area contributed by atoms with Gasteiger partial charge in [-0.15, -0.1) is 0 Å². The van der Waals surface area contributed by atoms with Crippen LogP contribution in [0.1, 0.15) is 37.0 Å². The minimum absolute atomic E-state index is 0.00338. The van der Waals surface area contributed by atoms with Crippen LogP contribution < -0.4 is 4.90 Å². The van der Waals surface area contributed by atoms with E-state index in [1.807, 2.05) is 12.1 Å². The van der Waals surface area contributed by atoms with Crippen molar-refractivity contribution in [2.75, 3.05) is 11.4 Å². The van der Waals surface area contributed by atoms with E-state index in [9.17, 15) is 9.59 Å². The molecule has 1 aromatic carbocycles. The topological polar surface area (TPSA) is 46.6 Å². The number of ketones is 1. The zero-order valence-electron chi connectivity index (χ0n) is 11.5. The van der Waals surface area contributed by atoms with E-state index in [-0.39, 0.29) is 11.7 Å². The molecule has 1 aromatic rings. The fraction of sp³-hybridized carbons (Fsp3) is 0.467. The Morgan fingerprint density at radius 2 is 2.15 bits per heavy atom. The monoisotopic (exact) mass is 337 g/mol. The van der Waals surface area contributed by atoms with Crippen molar-refractivity contribution in [3.05, 3.63) is 28.2 Å². The maximum absolute atomic E-state index is 12.1. The van der Waals surface area contributed by atoms with Gasteiger partial charge in [-0.2, -0.15) is 0 Å². The largest absolute Gasteiger partial charge is 0.370 e. The van der Waals surface area contributed by atoms with Crippen LogP contribution in [-0.2, 0) is 9.53 Å². The van der Waals surface area contributed by atoms with E-state index in [1.165, 1.54) is 0 Å². The average molecular weight is 338 g/mol. The first-order valence-electron chi connectivity index (χ1n) is 6.71. The third-order valence-corrected chi connectivity index (χ3v) is 4.37. The molecule has 5 heteroatoms. The maximum atomic E-state index is 12.1. The van der Waals surface area contributed by atoms with Crippen LogP contribution >= 0.6 is 15.9 Å². The molecule has 0 radical (unpaired) electrons. The van der Waals surface area contributed by atoms with E-state index < -0.39 is 11.7 Å². The van der Waals surface area contributed by atoms with E-state index in [4.69, 9.17) is 4.74 Å². The van der Waals surface area contributed by atoms with Crippen LogP contribution in [0.25, 0.3) is 0 Å². The molecular weight excluding hydrogens is 322 g/mol. The van der Waals surface area contributed by atoms with Crippen LogP contribution in [0.4, 0.5) is 5.69 Å². The van der Waals surface area contributed by atoms with Gasteiger partial charge in [0.1, 0.15) is 0 Å². The number of anilines is 1. The van der Waals surface area contributed by atoms with Crippen molar-refractivity contribution in [2.24, 2.45) is 0 Å². The molecule has 1 fully saturated rings. The van der Waals surface area contributed by atoms with Gasteiger partial charge >= 0.3 is 0 Å². The molecule has 4 nitrogen and oxygen atoms in total. The molecule has 3 rings (SSSR count). The number of Topliss-reactive ketones (excluding diaryl/α,β-unsaturated/α-hetero) is 1. The van der Waals surface area contributed by atoms with Crippen molar-refractivity contribution in [1.82, 2.24) is 0 Å². The lowest BCUT2D eigenvalue weighted by atomic mass is 10.1. The summed E-state index contributed by atoms with van der Waals surface area (Å²) in [4.78, 5) is 25.7. The van der Waals surface area contributed by atoms with Crippen LogP contribution in [0.2, 0.25) is 0 Å². The number of nitrogens with zero attached hydrogens (tertiary/aromatic N) is 1. The van der Waals surface area contributed by atoms with E-state index in [0.717, 1.165) is 17.3 Å². The van der Waals surface area contributed by atoms with Crippen LogP contribution in [0.5, 0.6) is 0 Å². The van der Waals surface area contributed by atoms with Crippen LogP contribution in [-0.4, -0.2) is 29.9 Å². The van der Waals surface area contributed by atoms with Gasteiger partial charge in [-0.1, -0.05) is 15.9 Å². The molecule has 106 valence electrons. The predicted octanol–water partition coefficient (Wildman–Crippen LogP) is 2.94. The van der Waals surface area contributed by atoms with Gasteiger partial charge in [-0.3, -0.25) is 9.59 Å². The highest BCUT2D eigenvalue weighted by atomic mass is 79.9. The van der Waals surface area contributed by atoms with Gasteiger partial charge in [0.25, 0.3) is 11.7 Å². The summed E-state index contributed by atoms with van der Waals surface area (Å²) in [6.07, 6.45) is 1.88. The fourth-order valence-electron chi connectivity index (χ4n) is 2.86. The second-order valence-corrected chi connectivity index (χ2v) is 6.86. The van der Waals surface area contributed by atoms with Gasteiger partial charge in [-0.25, -0.2) is 0 Å². The molecule has 0 spiro atoms. The molecule has 0 aromatic heterocycles. The normalized spacial score (nSPS) is 24.4. The number of hydrogen-bond donors (Lipinski definition) is 0. The molecule has 2 aliphatic heterocycles. The Hall–Kier alpha value is -1.20. The second-order valence-electron chi connectivity index (χ2n) is 5.94. The lowest BCUT2D eigenvalue weighted by Crippen LogP contribution is -2.37. The quantitative estimate of drug-likeness (QED) is 0.779. The number of benzene rings is 1. The minimum atomic E-state index is -0.452. The Balaban J connectivity index is 1.85. The van der Waals surface area contributed by atoms with Crippen molar-refractivity contribution < 1.29 is 14.3 Å². The molecule has 1 unspecified atom stereocenters. The van der Waals surface area contributed by atoms with E-state index in [2.05, 4.69) is 29.8 Å². The van der Waals surface area contributed by atoms with Crippen molar-refractivity contribution in [3.63, 3.8) is 0 Å². The third kappa shape index (κ3) is 2.29. The first-order valence-corrected chi connectivity index (χ1v) is 7.50. The van der Waals surface area contributed by atoms with Gasteiger partial charge < -0.3 is 9.64 Å². The van der Waals surface area contributed by atoms with Crippen molar-refractivity contribution >= 4 is 33.3 Å². The molecule has 2 aliphatic rings. The highest BCUT2D eigenvalue weighted by molar-refractivity contribution is 9.10. The van der Waals surface area contributed by atoms with Gasteiger partial charge in [-0.05, 0) is 44.9 Å². The zero-order valence-corrected chi connectivity index (χ0v) is 13.1. The van der Waals surface area contributed by atoms with E-state index in [0.29, 0.717) is 17.8 Å². The standard InChI is InChI=1S/C15H16BrNO3/c1-15(2)6-5-10(20-15)8-17-12-4-3-9(16)7-11(12)13(18)14(17)19/h3-4,7,10H,5-6,8H2,1-2H3. The minimum Gasteiger partial charge on any atom is -0.370 e. The number of hydrogen-bond acceptors (Lipinski definition) is 3. The number of carbonyl (C=O) groups excluding carboxylic acids is 2. The second kappa shape index (κ2) is 4.67. The third-order valence-electron chi connectivity index (χ3n) is 3.87. The van der Waals surface area contributed by atoms with Gasteiger partial charge in [0.15, 0.2) is 0 Å². The lowest BCUT2D eigenvalue weighted by Gasteiger charge is -2.23. The van der Waals surface area contributed by atoms with Crippen molar-refractivity contribution in [2.45, 2.75) is 38.4 Å². The zero-order chi connectivity index (χ0) is 14.5.